The minimum Gasteiger partial charge on any atom is -0.412 e. The summed E-state index contributed by atoms with van der Waals surface area (Å²) in [5, 5.41) is 6.26. The number of pyridine rings is 2. The van der Waals surface area contributed by atoms with Crippen LogP contribution in [0.5, 0.6) is 0 Å². The van der Waals surface area contributed by atoms with Crippen molar-refractivity contribution in [1.29, 1.82) is 0 Å². The van der Waals surface area contributed by atoms with Gasteiger partial charge in [0.1, 0.15) is 0 Å². The summed E-state index contributed by atoms with van der Waals surface area (Å²) in [6.07, 6.45) is 9.23. The van der Waals surface area contributed by atoms with Crippen LogP contribution in [-0.2, 0) is 34.1 Å². The Balaban J connectivity index is -0.0000000604. The molecule has 52 heavy (non-hydrogen) atoms. The molecule has 0 amide bonds. The van der Waals surface area contributed by atoms with Gasteiger partial charge in [-0.05, 0) is 74.4 Å². The fourth-order valence-corrected chi connectivity index (χ4v) is 2.00. The van der Waals surface area contributed by atoms with E-state index in [4.69, 9.17) is 97.5 Å². The molecule has 0 fully saturated rings. The molecule has 14 N–H and O–H groups in total. The van der Waals surface area contributed by atoms with Crippen LogP contribution in [0.3, 0.4) is 0 Å². The zero-order valence-electron chi connectivity index (χ0n) is 26.5. The smallest absolute Gasteiger partial charge is 0.412 e. The van der Waals surface area contributed by atoms with Gasteiger partial charge in [0, 0.05) is 51.0 Å². The molecule has 26 nitrogen and oxygen atoms in total. The molecule has 0 unspecified atom stereocenters. The molecular weight excluding hydrogens is 909 g/mol. The summed E-state index contributed by atoms with van der Waals surface area (Å²) < 4.78 is 136. The number of aromatic nitrogens is 2. The molecule has 0 aromatic carbocycles. The van der Waals surface area contributed by atoms with Crippen LogP contribution in [0.4, 0.5) is 0 Å². The van der Waals surface area contributed by atoms with Crippen LogP contribution in [0.25, 0.3) is 11.1 Å². The average molecular weight is 951 g/mol. The first-order valence-electron chi connectivity index (χ1n) is 12.3. The van der Waals surface area contributed by atoms with Crippen molar-refractivity contribution in [2.75, 3.05) is 52.4 Å². The molecule has 0 saturated carbocycles. The molecule has 2 aromatic rings. The van der Waals surface area contributed by atoms with E-state index in [0.29, 0.717) is 13.1 Å². The van der Waals surface area contributed by atoms with Crippen molar-refractivity contribution in [2.45, 2.75) is 12.8 Å². The molecule has 0 aliphatic carbocycles. The van der Waals surface area contributed by atoms with Crippen LogP contribution in [0.2, 0.25) is 0 Å². The summed E-state index contributed by atoms with van der Waals surface area (Å²) in [6.45, 7) is 6.74. The van der Waals surface area contributed by atoms with E-state index in [9.17, 15) is 0 Å². The number of rotatable bonds is 11. The predicted octanol–water partition coefficient (Wildman–Crippen LogP) is -20.8. The number of hydrogen-bond acceptors (Lipinski definition) is 24. The molecule has 0 aliphatic rings. The summed E-state index contributed by atoms with van der Waals surface area (Å²) >= 11 is 0. The Morgan fingerprint density at radius 1 is 0.404 bits per heavy atom. The summed E-state index contributed by atoms with van der Waals surface area (Å²) in [4.78, 5) is 7.91. The Kier molecular flexibility index (Phi) is 65.3. The van der Waals surface area contributed by atoms with Crippen LogP contribution >= 0.6 is 0 Å². The minimum absolute atomic E-state index is 0. The van der Waals surface area contributed by atoms with Crippen LogP contribution in [0.1, 0.15) is 12.8 Å². The second kappa shape index (κ2) is 46.7. The van der Waals surface area contributed by atoms with Gasteiger partial charge in [-0.25, -0.2) is 74.5 Å². The standard InChI is InChI=1S/C10H8N2.2C5H15N3.4ClHO4.2Cu.2H2O/c1-5-11-6-2-9(1)10-3-7-12-8-4-10;2*6-2-1-4-8-5-3-7;4*2-1(3,4)5;;;;/h1-8H;2*8H,1-7H2;4*(H,2,3,4,5);;;2*1H2/q;;;;;;;2*+2;;/p-4. The number of nitrogens with two attached hydrogens (primary N) is 4. The number of hydrogen-bond donors (Lipinski definition) is 6. The third kappa shape index (κ3) is 134. The van der Waals surface area contributed by atoms with Crippen molar-refractivity contribution in [3.63, 3.8) is 0 Å². The van der Waals surface area contributed by atoms with E-state index >= 15 is 0 Å². The zero-order valence-corrected chi connectivity index (χ0v) is 31.4. The second-order valence-electron chi connectivity index (χ2n) is 7.35. The minimum atomic E-state index is -4.94. The Hall–Kier alpha value is -0.461. The molecule has 0 bridgehead atoms. The first-order valence-corrected chi connectivity index (χ1v) is 17.2. The summed E-state index contributed by atoms with van der Waals surface area (Å²) in [6, 6.07) is 7.93. The van der Waals surface area contributed by atoms with Gasteiger partial charge in [-0.1, -0.05) is 0 Å². The predicted molar refractivity (Wildman–Crippen MR) is 126 cm³/mol. The van der Waals surface area contributed by atoms with Gasteiger partial charge in [0.15, 0.2) is 0 Å². The molecule has 0 aliphatic heterocycles. The molecule has 2 rings (SSSR count). The first kappa shape index (κ1) is 72.7. The SMILES string of the molecule is NCCCNCCN.NCCCNCCN.O.O.[Cu+2].[Cu+2].[O-][Cl+3]([O-])([O-])[O-].[O-][Cl+3]([O-])([O-])[O-].[O-][Cl+3]([O-])([O-])[O-].[O-][Cl+3]([O-])([O-])[O-].c1cc(-c2ccncc2)ccn1. The van der Waals surface area contributed by atoms with Crippen LogP contribution < -0.4 is 108 Å². The van der Waals surface area contributed by atoms with Gasteiger partial charge >= 0.3 is 34.1 Å². The molecule has 0 atom stereocenters. The maximum atomic E-state index is 8.49. The largest absolute Gasteiger partial charge is 2.00 e. The van der Waals surface area contributed by atoms with Crippen LogP contribution in [0.15, 0.2) is 49.1 Å². The Morgan fingerprint density at radius 3 is 0.750 bits per heavy atom. The van der Waals surface area contributed by atoms with Crippen molar-refractivity contribution >= 4 is 0 Å². The molecule has 32 heteroatoms. The van der Waals surface area contributed by atoms with Crippen molar-refractivity contribution < 1.29 is 161 Å². The molecular formula is C20H42Cl4Cu2N8O18. The van der Waals surface area contributed by atoms with Crippen molar-refractivity contribution in [1.82, 2.24) is 20.6 Å². The van der Waals surface area contributed by atoms with E-state index in [-0.39, 0.29) is 45.1 Å². The van der Waals surface area contributed by atoms with E-state index in [1.165, 1.54) is 11.1 Å². The monoisotopic (exact) mass is 948 g/mol. The summed E-state index contributed by atoms with van der Waals surface area (Å²) in [5.74, 6) is 0. The summed E-state index contributed by atoms with van der Waals surface area (Å²) in [5.41, 5.74) is 23.3. The Labute approximate surface area is 328 Å². The number of halogens is 4. The fourth-order valence-electron chi connectivity index (χ4n) is 2.00. The van der Waals surface area contributed by atoms with Crippen LogP contribution in [0, 0.1) is 41.0 Å². The van der Waals surface area contributed by atoms with Gasteiger partial charge in [-0.2, -0.15) is 0 Å². The molecule has 2 aromatic heterocycles. The molecule has 0 saturated heterocycles. The third-order valence-corrected chi connectivity index (χ3v) is 3.45. The first-order chi connectivity index (χ1) is 21.8. The quantitative estimate of drug-likeness (QED) is 0.0899. The van der Waals surface area contributed by atoms with E-state index < -0.39 is 41.0 Å². The van der Waals surface area contributed by atoms with Crippen molar-refractivity contribution in [3.8, 4) is 11.1 Å². The number of nitrogens with zero attached hydrogens (tertiary/aromatic N) is 2. The molecule has 2 radical (unpaired) electrons. The van der Waals surface area contributed by atoms with E-state index in [1.807, 2.05) is 24.3 Å². The van der Waals surface area contributed by atoms with Crippen molar-refractivity contribution in [2.24, 2.45) is 22.9 Å². The van der Waals surface area contributed by atoms with E-state index in [1.54, 1.807) is 24.8 Å². The van der Waals surface area contributed by atoms with Gasteiger partial charge < -0.3 is 44.5 Å². The van der Waals surface area contributed by atoms with Gasteiger partial charge in [-0.3, -0.25) is 9.97 Å². The zero-order chi connectivity index (χ0) is 38.7. The summed E-state index contributed by atoms with van der Waals surface area (Å²) in [7, 11) is -19.8. The average Bonchev–Trinajstić information content (AvgIpc) is 2.92. The Bertz CT molecular complexity index is 784. The van der Waals surface area contributed by atoms with Gasteiger partial charge in [0.2, 0.25) is 0 Å². The van der Waals surface area contributed by atoms with E-state index in [2.05, 4.69) is 20.6 Å². The van der Waals surface area contributed by atoms with Crippen molar-refractivity contribution in [3.05, 3.63) is 49.1 Å². The second-order valence-corrected chi connectivity index (χ2v) is 10.4. The van der Waals surface area contributed by atoms with Gasteiger partial charge in [0.05, 0.1) is 0 Å². The maximum absolute atomic E-state index is 8.49. The topological polar surface area (TPSA) is 586 Å². The van der Waals surface area contributed by atoms with Crippen LogP contribution in [-0.4, -0.2) is 73.3 Å². The van der Waals surface area contributed by atoms with Gasteiger partial charge in [-0.15, -0.1) is 41.0 Å². The molecule has 0 spiro atoms. The third-order valence-electron chi connectivity index (χ3n) is 3.45. The normalized spacial score (nSPS) is 9.85. The number of nitrogens with one attached hydrogen (secondary N) is 2. The van der Waals surface area contributed by atoms with E-state index in [0.717, 1.165) is 52.1 Å². The molecule has 320 valence electrons. The molecule has 2 heterocycles. The fraction of sp³-hybridized carbons (Fsp3) is 0.500. The Morgan fingerprint density at radius 2 is 0.596 bits per heavy atom. The maximum Gasteiger partial charge on any atom is 2.00 e. The van der Waals surface area contributed by atoms with Gasteiger partial charge in [0.25, 0.3) is 0 Å².